The van der Waals surface area contributed by atoms with Gasteiger partial charge in [0.15, 0.2) is 6.61 Å². The van der Waals surface area contributed by atoms with Crippen LogP contribution in [0, 0.1) is 0 Å². The van der Waals surface area contributed by atoms with Gasteiger partial charge in [-0.1, -0.05) is 0 Å². The maximum Gasteiger partial charge on any atom is 0.284 e. The molecular weight excluding hydrogens is 352 g/mol. The minimum Gasteiger partial charge on any atom is -0.347 e. The van der Waals surface area contributed by atoms with E-state index in [0.717, 1.165) is 13.9 Å². The highest BCUT2D eigenvalue weighted by Gasteiger charge is 2.14. The number of carbonyl (C=O) groups is 2. The van der Waals surface area contributed by atoms with E-state index in [1.165, 1.54) is 16.2 Å². The van der Waals surface area contributed by atoms with Crippen molar-refractivity contribution < 1.29 is 14.4 Å². The van der Waals surface area contributed by atoms with E-state index in [9.17, 15) is 9.59 Å². The highest BCUT2D eigenvalue weighted by atomic mass is 79.9. The van der Waals surface area contributed by atoms with Gasteiger partial charge in [-0.2, -0.15) is 0 Å². The lowest BCUT2D eigenvalue weighted by Crippen LogP contribution is -2.31. The zero-order valence-electron chi connectivity index (χ0n) is 10.2. The zero-order chi connectivity index (χ0) is 14.0. The second kappa shape index (κ2) is 6.00. The molecule has 0 aromatic carbocycles. The first kappa shape index (κ1) is 14.4. The number of amides is 2. The van der Waals surface area contributed by atoms with E-state index >= 15 is 0 Å². The maximum absolute atomic E-state index is 11.8. The molecule has 5 nitrogen and oxygen atoms in total. The van der Waals surface area contributed by atoms with Crippen molar-refractivity contribution in [3.05, 3.63) is 20.8 Å². The number of halogens is 1. The van der Waals surface area contributed by atoms with Crippen LogP contribution in [0.1, 0.15) is 9.67 Å². The average molecular weight is 363 g/mol. The summed E-state index contributed by atoms with van der Waals surface area (Å²) in [5.74, 6) is -0.554. The average Bonchev–Trinajstić information content (AvgIpc) is 2.91. The number of nitrogens with one attached hydrogen (secondary N) is 1. The van der Waals surface area contributed by atoms with Gasteiger partial charge in [-0.3, -0.25) is 14.4 Å². The molecule has 2 rings (SSSR count). The quantitative estimate of drug-likeness (QED) is 0.850. The first-order valence-electron chi connectivity index (χ1n) is 5.28. The fraction of sp³-hybridized carbons (Fsp3) is 0.273. The molecule has 0 spiro atoms. The summed E-state index contributed by atoms with van der Waals surface area (Å²) in [6, 6.07) is 1.81. The van der Waals surface area contributed by atoms with Crippen LogP contribution in [0.15, 0.2) is 15.9 Å². The number of hydroxylamine groups is 1. The van der Waals surface area contributed by atoms with Crippen LogP contribution in [0.5, 0.6) is 0 Å². The van der Waals surface area contributed by atoms with Crippen LogP contribution in [-0.2, 0) is 9.63 Å². The number of hydrogen-bond acceptors (Lipinski definition) is 5. The molecule has 19 heavy (non-hydrogen) atoms. The molecule has 1 N–H and O–H groups in total. The van der Waals surface area contributed by atoms with Gasteiger partial charge in [0.25, 0.3) is 11.8 Å². The third-order valence-corrected chi connectivity index (χ3v) is 5.70. The number of likely N-dealkylation sites (N-methyl/N-ethyl adjacent to an activating group) is 1. The van der Waals surface area contributed by atoms with Gasteiger partial charge in [-0.25, -0.2) is 5.48 Å². The SMILES string of the molecule is CN(C)C(=O)CONC(=O)c1cc2scc(Br)c2s1. The predicted octanol–water partition coefficient (Wildman–Crippen LogP) is 2.47. The molecule has 2 amide bonds. The predicted molar refractivity (Wildman–Crippen MR) is 79.5 cm³/mol. The van der Waals surface area contributed by atoms with E-state index < -0.39 is 0 Å². The Morgan fingerprint density at radius 2 is 2.21 bits per heavy atom. The Morgan fingerprint density at radius 1 is 1.47 bits per heavy atom. The Morgan fingerprint density at radius 3 is 2.84 bits per heavy atom. The summed E-state index contributed by atoms with van der Waals surface area (Å²) in [4.78, 5) is 29.9. The molecule has 0 aliphatic rings. The molecule has 0 aliphatic carbocycles. The van der Waals surface area contributed by atoms with Crippen LogP contribution < -0.4 is 5.48 Å². The van der Waals surface area contributed by atoms with E-state index in [-0.39, 0.29) is 18.4 Å². The minimum atomic E-state index is -0.341. The van der Waals surface area contributed by atoms with Crippen LogP contribution in [-0.4, -0.2) is 37.4 Å². The van der Waals surface area contributed by atoms with Crippen LogP contribution >= 0.6 is 38.6 Å². The van der Waals surface area contributed by atoms with Gasteiger partial charge >= 0.3 is 0 Å². The van der Waals surface area contributed by atoms with Gasteiger partial charge in [0.2, 0.25) is 0 Å². The smallest absolute Gasteiger partial charge is 0.284 e. The maximum atomic E-state index is 11.8. The Hall–Kier alpha value is -0.960. The van der Waals surface area contributed by atoms with Gasteiger partial charge in [0.05, 0.1) is 9.58 Å². The summed E-state index contributed by atoms with van der Waals surface area (Å²) in [5, 5.41) is 1.98. The third kappa shape index (κ3) is 3.33. The third-order valence-electron chi connectivity index (χ3n) is 2.29. The summed E-state index contributed by atoms with van der Waals surface area (Å²) in [6.45, 7) is -0.178. The molecule has 0 saturated carbocycles. The minimum absolute atomic E-state index is 0.178. The molecule has 2 aromatic heterocycles. The van der Waals surface area contributed by atoms with Gasteiger partial charge in [0, 0.05) is 28.6 Å². The Labute approximate surface area is 126 Å². The first-order chi connectivity index (χ1) is 8.99. The van der Waals surface area contributed by atoms with Crippen molar-refractivity contribution in [3.8, 4) is 0 Å². The molecule has 2 aromatic rings. The largest absolute Gasteiger partial charge is 0.347 e. The van der Waals surface area contributed by atoms with Crippen LogP contribution in [0.25, 0.3) is 9.40 Å². The molecule has 0 bridgehead atoms. The fourth-order valence-corrected chi connectivity index (χ4v) is 4.14. The van der Waals surface area contributed by atoms with Crippen molar-refractivity contribution >= 4 is 59.8 Å². The number of nitrogens with zero attached hydrogens (tertiary/aromatic N) is 1. The summed E-state index contributed by atoms with van der Waals surface area (Å²) < 4.78 is 3.08. The van der Waals surface area contributed by atoms with Gasteiger partial charge in [-0.05, 0) is 22.0 Å². The molecule has 102 valence electrons. The number of thiophene rings is 2. The summed E-state index contributed by atoms with van der Waals surface area (Å²) in [6.07, 6.45) is 0. The van der Waals surface area contributed by atoms with Crippen LogP contribution in [0.3, 0.4) is 0 Å². The summed E-state index contributed by atoms with van der Waals surface area (Å²) in [7, 11) is 3.25. The van der Waals surface area contributed by atoms with Crippen molar-refractivity contribution in [3.63, 3.8) is 0 Å². The highest BCUT2D eigenvalue weighted by Crippen LogP contribution is 2.36. The lowest BCUT2D eigenvalue weighted by molar-refractivity contribution is -0.135. The molecule has 8 heteroatoms. The zero-order valence-corrected chi connectivity index (χ0v) is 13.4. The summed E-state index contributed by atoms with van der Waals surface area (Å²) in [5.41, 5.74) is 2.27. The van der Waals surface area contributed by atoms with Crippen molar-refractivity contribution in [2.75, 3.05) is 20.7 Å². The molecule has 0 radical (unpaired) electrons. The van der Waals surface area contributed by atoms with Crippen molar-refractivity contribution in [2.45, 2.75) is 0 Å². The monoisotopic (exact) mass is 362 g/mol. The number of carbonyl (C=O) groups excluding carboxylic acids is 2. The fourth-order valence-electron chi connectivity index (χ4n) is 1.25. The van der Waals surface area contributed by atoms with E-state index in [4.69, 9.17) is 4.84 Å². The topological polar surface area (TPSA) is 58.6 Å². The van der Waals surface area contributed by atoms with Crippen LogP contribution in [0.2, 0.25) is 0 Å². The number of rotatable bonds is 4. The number of hydrogen-bond donors (Lipinski definition) is 1. The van der Waals surface area contributed by atoms with Crippen LogP contribution in [0.4, 0.5) is 0 Å². The standard InChI is InChI=1S/C11H11BrN2O3S2/c1-14(2)9(15)4-17-13-11(16)8-3-7-10(19-8)6(12)5-18-7/h3,5H,4H2,1-2H3,(H,13,16). The van der Waals surface area contributed by atoms with Crippen molar-refractivity contribution in [1.82, 2.24) is 10.4 Å². The summed E-state index contributed by atoms with van der Waals surface area (Å²) >= 11 is 6.37. The molecule has 0 fully saturated rings. The van der Waals surface area contributed by atoms with Crippen molar-refractivity contribution in [2.24, 2.45) is 0 Å². The lowest BCUT2D eigenvalue weighted by Gasteiger charge is -2.10. The lowest BCUT2D eigenvalue weighted by atomic mass is 10.4. The van der Waals surface area contributed by atoms with E-state index in [1.807, 2.05) is 11.4 Å². The van der Waals surface area contributed by atoms with Gasteiger partial charge in [-0.15, -0.1) is 22.7 Å². The molecule has 2 heterocycles. The second-order valence-corrected chi connectivity index (χ2v) is 6.71. The first-order valence-corrected chi connectivity index (χ1v) is 7.76. The Kier molecular flexibility index (Phi) is 4.56. The highest BCUT2D eigenvalue weighted by molar-refractivity contribution is 9.10. The molecular formula is C11H11BrN2O3S2. The van der Waals surface area contributed by atoms with E-state index in [1.54, 1.807) is 25.4 Å². The second-order valence-electron chi connectivity index (χ2n) is 3.90. The van der Waals surface area contributed by atoms with Gasteiger partial charge < -0.3 is 4.90 Å². The normalized spacial score (nSPS) is 10.7. The molecule has 0 saturated heterocycles. The number of fused-ring (bicyclic) bond motifs is 1. The van der Waals surface area contributed by atoms with Gasteiger partial charge in [0.1, 0.15) is 0 Å². The Bertz CT molecular complexity index is 621. The van der Waals surface area contributed by atoms with E-state index in [2.05, 4.69) is 21.4 Å². The Balaban J connectivity index is 1.94. The molecule has 0 unspecified atom stereocenters. The van der Waals surface area contributed by atoms with E-state index in [0.29, 0.717) is 4.88 Å². The molecule has 0 aliphatic heterocycles. The molecule has 0 atom stereocenters. The van der Waals surface area contributed by atoms with Crippen molar-refractivity contribution in [1.29, 1.82) is 0 Å².